The Hall–Kier alpha value is -0.640. The molecule has 0 fully saturated rings. The van der Waals surface area contributed by atoms with Crippen molar-refractivity contribution in [3.05, 3.63) is 33.5 Å². The lowest BCUT2D eigenvalue weighted by Gasteiger charge is -1.87. The molecular weight excluding hydrogens is 236 g/mol. The molecule has 0 aliphatic carbocycles. The van der Waals surface area contributed by atoms with Gasteiger partial charge < -0.3 is 0 Å². The van der Waals surface area contributed by atoms with Gasteiger partial charge in [0.2, 0.25) is 0 Å². The second-order valence-corrected chi connectivity index (χ2v) is 5.62. The van der Waals surface area contributed by atoms with Gasteiger partial charge in [0.25, 0.3) is 0 Å². The van der Waals surface area contributed by atoms with Gasteiger partial charge in [-0.3, -0.25) is 4.79 Å². The molecule has 0 saturated heterocycles. The largest absolute Gasteiger partial charge is 0.294 e. The van der Waals surface area contributed by atoms with Crippen molar-refractivity contribution >= 4 is 40.1 Å². The molecule has 0 atom stereocenters. The molecule has 2 rings (SSSR count). The number of rotatable bonds is 2. The van der Waals surface area contributed by atoms with Crippen LogP contribution in [0.4, 0.5) is 0 Å². The maximum atomic E-state index is 11.1. The third-order valence-electron chi connectivity index (χ3n) is 1.77. The van der Waals surface area contributed by atoms with Crippen LogP contribution in [-0.4, -0.2) is 5.78 Å². The molecule has 4 heteroatoms. The number of hydrogen-bond acceptors (Lipinski definition) is 3. The van der Waals surface area contributed by atoms with E-state index < -0.39 is 0 Å². The summed E-state index contributed by atoms with van der Waals surface area (Å²) in [7, 11) is 0. The fourth-order valence-electron chi connectivity index (χ4n) is 1.11. The number of hydrogen-bond donors (Lipinski definition) is 0. The van der Waals surface area contributed by atoms with Gasteiger partial charge in [0.15, 0.2) is 5.78 Å². The smallest absolute Gasteiger partial charge is 0.169 e. The molecule has 0 saturated carbocycles. The normalized spacial score (nSPS) is 10.4. The predicted molar refractivity (Wildman–Crippen MR) is 62.6 cm³/mol. The van der Waals surface area contributed by atoms with E-state index in [1.807, 2.05) is 24.3 Å². The van der Waals surface area contributed by atoms with E-state index in [0.29, 0.717) is 0 Å². The van der Waals surface area contributed by atoms with Crippen LogP contribution in [-0.2, 0) is 0 Å². The molecule has 0 N–H and O–H groups in total. The molecule has 0 unspecified atom stereocenters. The van der Waals surface area contributed by atoms with E-state index in [9.17, 15) is 4.79 Å². The number of thiophene rings is 2. The van der Waals surface area contributed by atoms with Crippen LogP contribution in [0.3, 0.4) is 0 Å². The van der Waals surface area contributed by atoms with Gasteiger partial charge >= 0.3 is 0 Å². The second kappa shape index (κ2) is 3.85. The van der Waals surface area contributed by atoms with Gasteiger partial charge in [-0.2, -0.15) is 0 Å². The first kappa shape index (κ1) is 9.90. The summed E-state index contributed by atoms with van der Waals surface area (Å²) in [6.45, 7) is 1.58. The first-order valence-corrected chi connectivity index (χ1v) is 6.04. The average molecular weight is 243 g/mol. The molecule has 2 heterocycles. The summed E-state index contributed by atoms with van der Waals surface area (Å²) in [6, 6.07) is 7.66. The minimum absolute atomic E-state index is 0.115. The zero-order valence-corrected chi connectivity index (χ0v) is 9.80. The van der Waals surface area contributed by atoms with Crippen LogP contribution in [0, 0.1) is 0 Å². The third kappa shape index (κ3) is 1.90. The van der Waals surface area contributed by atoms with Crippen LogP contribution in [0.15, 0.2) is 24.3 Å². The van der Waals surface area contributed by atoms with Crippen LogP contribution < -0.4 is 0 Å². The minimum atomic E-state index is 0.115. The van der Waals surface area contributed by atoms with Crippen molar-refractivity contribution in [2.45, 2.75) is 6.92 Å². The fourth-order valence-corrected chi connectivity index (χ4v) is 3.14. The first-order valence-electron chi connectivity index (χ1n) is 4.03. The summed E-state index contributed by atoms with van der Waals surface area (Å²) in [5.74, 6) is 0.115. The summed E-state index contributed by atoms with van der Waals surface area (Å²) in [5.41, 5.74) is 0. The van der Waals surface area contributed by atoms with Crippen molar-refractivity contribution in [3.63, 3.8) is 0 Å². The number of carbonyl (C=O) groups is 1. The van der Waals surface area contributed by atoms with E-state index in [0.717, 1.165) is 19.0 Å². The first-order chi connectivity index (χ1) is 6.66. The summed E-state index contributed by atoms with van der Waals surface area (Å²) in [4.78, 5) is 14.1. The molecular formula is C10H7ClOS2. The van der Waals surface area contributed by atoms with Crippen LogP contribution in [0.2, 0.25) is 4.34 Å². The standard InChI is InChI=1S/C10H7ClOS2/c1-6(12)7-2-3-8(13-7)9-4-5-10(11)14-9/h2-5H,1H3. The van der Waals surface area contributed by atoms with E-state index in [1.165, 1.54) is 22.7 Å². The Kier molecular flexibility index (Phi) is 2.72. The quantitative estimate of drug-likeness (QED) is 0.717. The summed E-state index contributed by atoms with van der Waals surface area (Å²) in [5, 5.41) is 0. The van der Waals surface area contributed by atoms with Crippen molar-refractivity contribution in [2.75, 3.05) is 0 Å². The third-order valence-corrected chi connectivity index (χ3v) is 4.38. The van der Waals surface area contributed by atoms with Crippen LogP contribution >= 0.6 is 34.3 Å². The lowest BCUT2D eigenvalue weighted by atomic mass is 10.3. The van der Waals surface area contributed by atoms with Gasteiger partial charge in [-0.05, 0) is 31.2 Å². The Bertz CT molecular complexity index is 470. The lowest BCUT2D eigenvalue weighted by molar-refractivity contribution is 0.102. The molecule has 14 heavy (non-hydrogen) atoms. The minimum Gasteiger partial charge on any atom is -0.294 e. The summed E-state index contributed by atoms with van der Waals surface area (Å²) in [6.07, 6.45) is 0. The summed E-state index contributed by atoms with van der Waals surface area (Å²) < 4.78 is 0.776. The van der Waals surface area contributed by atoms with Crippen LogP contribution in [0.5, 0.6) is 0 Å². The Morgan fingerprint density at radius 3 is 2.29 bits per heavy atom. The summed E-state index contributed by atoms with van der Waals surface area (Å²) >= 11 is 8.88. The highest BCUT2D eigenvalue weighted by molar-refractivity contribution is 7.24. The molecule has 0 aliphatic rings. The Morgan fingerprint density at radius 2 is 1.79 bits per heavy atom. The van der Waals surface area contributed by atoms with Gasteiger partial charge in [-0.15, -0.1) is 22.7 Å². The van der Waals surface area contributed by atoms with Crippen molar-refractivity contribution < 1.29 is 4.79 Å². The van der Waals surface area contributed by atoms with E-state index in [2.05, 4.69) is 0 Å². The number of Topliss-reactive ketones (excluding diaryl/α,β-unsaturated/α-hetero) is 1. The van der Waals surface area contributed by atoms with Gasteiger partial charge in [-0.1, -0.05) is 11.6 Å². The molecule has 0 aromatic carbocycles. The molecule has 0 aliphatic heterocycles. The predicted octanol–water partition coefficient (Wildman–Crippen LogP) is 4.33. The molecule has 0 bridgehead atoms. The maximum Gasteiger partial charge on any atom is 0.169 e. The Labute approximate surface area is 95.0 Å². The van der Waals surface area contributed by atoms with E-state index in [1.54, 1.807) is 6.92 Å². The molecule has 2 aromatic heterocycles. The Balaban J connectivity index is 2.38. The number of carbonyl (C=O) groups excluding carboxylic acids is 1. The lowest BCUT2D eigenvalue weighted by Crippen LogP contribution is -1.83. The SMILES string of the molecule is CC(=O)c1ccc(-c2ccc(Cl)s2)s1. The highest BCUT2D eigenvalue weighted by Crippen LogP contribution is 2.35. The molecule has 0 amide bonds. The van der Waals surface area contributed by atoms with E-state index in [4.69, 9.17) is 11.6 Å². The van der Waals surface area contributed by atoms with Gasteiger partial charge in [0.05, 0.1) is 9.21 Å². The number of ketones is 1. The van der Waals surface area contributed by atoms with Gasteiger partial charge in [0, 0.05) is 9.75 Å². The zero-order chi connectivity index (χ0) is 10.1. The van der Waals surface area contributed by atoms with Crippen LogP contribution in [0.1, 0.15) is 16.6 Å². The van der Waals surface area contributed by atoms with Gasteiger partial charge in [-0.25, -0.2) is 0 Å². The maximum absolute atomic E-state index is 11.1. The molecule has 72 valence electrons. The van der Waals surface area contributed by atoms with Gasteiger partial charge in [0.1, 0.15) is 0 Å². The van der Waals surface area contributed by atoms with Crippen molar-refractivity contribution in [1.82, 2.24) is 0 Å². The highest BCUT2D eigenvalue weighted by Gasteiger charge is 2.07. The zero-order valence-electron chi connectivity index (χ0n) is 7.41. The molecule has 0 radical (unpaired) electrons. The number of halogens is 1. The monoisotopic (exact) mass is 242 g/mol. The fraction of sp³-hybridized carbons (Fsp3) is 0.100. The van der Waals surface area contributed by atoms with E-state index >= 15 is 0 Å². The average Bonchev–Trinajstić information content (AvgIpc) is 2.70. The Morgan fingerprint density at radius 1 is 1.14 bits per heavy atom. The van der Waals surface area contributed by atoms with Crippen LogP contribution in [0.25, 0.3) is 9.75 Å². The highest BCUT2D eigenvalue weighted by atomic mass is 35.5. The molecule has 2 aromatic rings. The van der Waals surface area contributed by atoms with Crippen molar-refractivity contribution in [2.24, 2.45) is 0 Å². The molecule has 1 nitrogen and oxygen atoms in total. The van der Waals surface area contributed by atoms with Crippen molar-refractivity contribution in [1.29, 1.82) is 0 Å². The molecule has 0 spiro atoms. The van der Waals surface area contributed by atoms with E-state index in [-0.39, 0.29) is 5.78 Å². The second-order valence-electron chi connectivity index (χ2n) is 2.82. The topological polar surface area (TPSA) is 17.1 Å². The van der Waals surface area contributed by atoms with Crippen molar-refractivity contribution in [3.8, 4) is 9.75 Å².